The number of nitrogens with zero attached hydrogens (tertiary/aromatic N) is 5. The highest BCUT2D eigenvalue weighted by Crippen LogP contribution is 2.52. The van der Waals surface area contributed by atoms with Crippen molar-refractivity contribution in [3.05, 3.63) is 58.6 Å². The van der Waals surface area contributed by atoms with Crippen molar-refractivity contribution in [2.75, 3.05) is 12.0 Å². The molecule has 1 heterocycles. The number of hydrogen-bond donors (Lipinski definition) is 2. The fourth-order valence-electron chi connectivity index (χ4n) is 2.77. The Hall–Kier alpha value is -3.34. The van der Waals surface area contributed by atoms with Gasteiger partial charge in [-0.2, -0.15) is 13.2 Å². The first-order valence-corrected chi connectivity index (χ1v) is 8.42. The van der Waals surface area contributed by atoms with E-state index in [2.05, 4.69) is 17.6 Å². The van der Waals surface area contributed by atoms with Crippen LogP contribution >= 0.6 is 24.2 Å². The normalized spacial score (nSPS) is 19.2. The number of benzene rings is 1. The number of methoxy groups -OCH3 is 1. The zero-order chi connectivity index (χ0) is 24.0. The predicted octanol–water partition coefficient (Wildman–Crippen LogP) is 3.05. The molecule has 0 saturated heterocycles. The van der Waals surface area contributed by atoms with Crippen molar-refractivity contribution in [3.8, 4) is 0 Å². The molecule has 0 bridgehead atoms. The molecule has 18 heteroatoms. The summed E-state index contributed by atoms with van der Waals surface area (Å²) in [6.45, 7) is 1.05. The second-order valence-electron chi connectivity index (χ2n) is 5.88. The van der Waals surface area contributed by atoms with Gasteiger partial charge >= 0.3 is 23.2 Å². The quantitative estimate of drug-likeness (QED) is 0.359. The summed E-state index contributed by atoms with van der Waals surface area (Å²) >= 11 is 9.68. The van der Waals surface area contributed by atoms with Crippen LogP contribution in [0.4, 0.5) is 30.2 Å². The van der Waals surface area contributed by atoms with Crippen LogP contribution in [0.3, 0.4) is 0 Å². The Bertz CT molecular complexity index is 1070. The minimum Gasteiger partial charge on any atom is -0.477 e. The van der Waals surface area contributed by atoms with E-state index in [9.17, 15) is 43.5 Å². The van der Waals surface area contributed by atoms with Gasteiger partial charge in [0.2, 0.25) is 11.5 Å². The van der Waals surface area contributed by atoms with E-state index in [0.717, 1.165) is 14.0 Å². The van der Waals surface area contributed by atoms with E-state index in [4.69, 9.17) is 22.1 Å². The summed E-state index contributed by atoms with van der Waals surface area (Å²) in [7, 11) is 0.859. The second kappa shape index (κ2) is 7.73. The summed E-state index contributed by atoms with van der Waals surface area (Å²) in [6, 6.07) is -0.0463. The van der Waals surface area contributed by atoms with Crippen molar-refractivity contribution in [3.63, 3.8) is 0 Å². The molecule has 0 aliphatic carbocycles. The fourth-order valence-corrected chi connectivity index (χ4v) is 3.38. The number of halogens is 4. The molecule has 0 amide bonds. The monoisotopic (exact) mass is 486 g/mol. The standard InChI is InChI=1S/C13H10ClF3N6O7S/c1-12(31)19-10(18)9(23(28)29)11(30-2)20(12)7-5(21(24)25)3-4(13(15,16)17)6(14)8(7)22(26)27/h3,31H,1-2H3,(H2,18,19). The summed E-state index contributed by atoms with van der Waals surface area (Å²) in [6.07, 6.45) is -5.30. The molecule has 0 radical (unpaired) electrons. The van der Waals surface area contributed by atoms with Crippen LogP contribution in [0.25, 0.3) is 0 Å². The van der Waals surface area contributed by atoms with Gasteiger partial charge in [0.15, 0.2) is 4.99 Å². The van der Waals surface area contributed by atoms with E-state index < -0.39 is 71.0 Å². The first kappa shape index (κ1) is 23.9. The van der Waals surface area contributed by atoms with Crippen LogP contribution in [0.2, 0.25) is 5.02 Å². The topological polar surface area (TPSA) is 180 Å². The lowest BCUT2D eigenvalue weighted by molar-refractivity contribution is -0.418. The third-order valence-corrected chi connectivity index (χ3v) is 4.56. The average molecular weight is 487 g/mol. The zero-order valence-corrected chi connectivity index (χ0v) is 16.9. The Morgan fingerprint density at radius 2 is 1.77 bits per heavy atom. The highest BCUT2D eigenvalue weighted by Gasteiger charge is 2.51. The molecule has 1 aliphatic rings. The van der Waals surface area contributed by atoms with Crippen LogP contribution in [0.15, 0.2) is 22.6 Å². The largest absolute Gasteiger partial charge is 0.477 e. The highest BCUT2D eigenvalue weighted by atomic mass is 35.5. The maximum Gasteiger partial charge on any atom is 0.418 e. The Balaban J connectivity index is 3.14. The van der Waals surface area contributed by atoms with E-state index in [1.54, 1.807) is 0 Å². The van der Waals surface area contributed by atoms with Gasteiger partial charge in [-0.05, 0) is 6.92 Å². The van der Waals surface area contributed by atoms with Crippen LogP contribution < -0.4 is 10.6 Å². The van der Waals surface area contributed by atoms with Crippen molar-refractivity contribution >= 4 is 47.1 Å². The van der Waals surface area contributed by atoms with Gasteiger partial charge in [-0.1, -0.05) is 11.6 Å². The number of amidine groups is 1. The van der Waals surface area contributed by atoms with Crippen LogP contribution in [-0.2, 0) is 10.9 Å². The van der Waals surface area contributed by atoms with Crippen molar-refractivity contribution in [1.82, 2.24) is 0 Å². The van der Waals surface area contributed by atoms with Gasteiger partial charge in [0.25, 0.3) is 5.88 Å². The van der Waals surface area contributed by atoms with Gasteiger partial charge in [-0.15, -0.1) is 12.6 Å². The number of anilines is 1. The minimum atomic E-state index is -5.30. The van der Waals surface area contributed by atoms with E-state index in [1.165, 1.54) is 0 Å². The van der Waals surface area contributed by atoms with Crippen LogP contribution in [0, 0.1) is 30.3 Å². The Labute approximate surface area is 179 Å². The number of alkyl halides is 3. The number of nitro benzene ring substituents is 2. The molecule has 2 N–H and O–H groups in total. The molecule has 0 spiro atoms. The molecular weight excluding hydrogens is 477 g/mol. The molecule has 0 fully saturated rings. The summed E-state index contributed by atoms with van der Waals surface area (Å²) < 4.78 is 44.8. The number of aliphatic imine (C=N–C) groups is 1. The fraction of sp³-hybridized carbons (Fsp3) is 0.308. The molecule has 13 nitrogen and oxygen atoms in total. The van der Waals surface area contributed by atoms with Gasteiger partial charge in [0, 0.05) is 6.07 Å². The maximum atomic E-state index is 13.3. The first-order valence-electron chi connectivity index (χ1n) is 7.59. The van der Waals surface area contributed by atoms with Crippen molar-refractivity contribution < 1.29 is 32.7 Å². The van der Waals surface area contributed by atoms with E-state index in [1.807, 2.05) is 0 Å². The van der Waals surface area contributed by atoms with Crippen molar-refractivity contribution in [2.45, 2.75) is 18.1 Å². The molecule has 2 rings (SSSR count). The minimum absolute atomic E-state index is 0.0463. The van der Waals surface area contributed by atoms with Gasteiger partial charge in [-0.25, -0.2) is 4.99 Å². The lowest BCUT2D eigenvalue weighted by Gasteiger charge is -2.37. The summed E-state index contributed by atoms with van der Waals surface area (Å²) in [4.78, 5) is 32.7. The smallest absolute Gasteiger partial charge is 0.418 e. The number of rotatable bonds is 5. The van der Waals surface area contributed by atoms with E-state index in [0.29, 0.717) is 4.90 Å². The van der Waals surface area contributed by atoms with Crippen LogP contribution in [-0.4, -0.2) is 32.7 Å². The number of ether oxygens (including phenoxy) is 1. The third-order valence-electron chi connectivity index (χ3n) is 3.88. The first-order chi connectivity index (χ1) is 14.1. The van der Waals surface area contributed by atoms with E-state index in [-0.39, 0.29) is 6.07 Å². The van der Waals surface area contributed by atoms with Gasteiger partial charge < -0.3 is 10.5 Å². The predicted molar refractivity (Wildman–Crippen MR) is 102 cm³/mol. The molecule has 1 aromatic rings. The molecular formula is C13H10ClF3N6O7S. The Morgan fingerprint density at radius 1 is 1.23 bits per heavy atom. The van der Waals surface area contributed by atoms with Crippen molar-refractivity contribution in [2.24, 2.45) is 10.7 Å². The lowest BCUT2D eigenvalue weighted by atomic mass is 10.1. The van der Waals surface area contributed by atoms with Gasteiger partial charge in [0.1, 0.15) is 5.02 Å². The summed E-state index contributed by atoms with van der Waals surface area (Å²) in [5.74, 6) is -1.66. The molecule has 1 aromatic carbocycles. The maximum absolute atomic E-state index is 13.3. The molecule has 0 saturated carbocycles. The lowest BCUT2D eigenvalue weighted by Crippen LogP contribution is -2.48. The molecule has 1 atom stereocenters. The van der Waals surface area contributed by atoms with E-state index >= 15 is 0 Å². The molecule has 1 aliphatic heterocycles. The number of nitrogens with two attached hydrogens (primary N) is 1. The summed E-state index contributed by atoms with van der Waals surface area (Å²) in [5, 5.41) is 33.2. The zero-order valence-electron chi connectivity index (χ0n) is 15.2. The number of nitro groups is 3. The molecule has 1 unspecified atom stereocenters. The van der Waals surface area contributed by atoms with Crippen LogP contribution in [0.1, 0.15) is 12.5 Å². The number of hydrogen-bond acceptors (Lipinski definition) is 11. The number of thiol groups is 1. The Morgan fingerprint density at radius 3 is 2.16 bits per heavy atom. The van der Waals surface area contributed by atoms with Gasteiger partial charge in [0.05, 0.1) is 27.4 Å². The van der Waals surface area contributed by atoms with Crippen LogP contribution in [0.5, 0.6) is 0 Å². The highest BCUT2D eigenvalue weighted by molar-refractivity contribution is 7.81. The Kier molecular flexibility index (Phi) is 5.97. The van der Waals surface area contributed by atoms with Crippen molar-refractivity contribution in [1.29, 1.82) is 0 Å². The second-order valence-corrected chi connectivity index (χ2v) is 7.11. The molecule has 168 valence electrons. The molecule has 0 aromatic heterocycles. The summed E-state index contributed by atoms with van der Waals surface area (Å²) in [5.41, 5.74) is -1.62. The average Bonchev–Trinajstić information content (AvgIpc) is 2.57. The SMILES string of the molecule is COC1=C([N+](=O)[O-])C(N)=NC(C)(S)N1c1c([N+](=O)[O-])cc(C(F)(F)F)c(Cl)c1[N+](=O)[O-]. The third kappa shape index (κ3) is 4.00. The van der Waals surface area contributed by atoms with Gasteiger partial charge in [-0.3, -0.25) is 35.2 Å². The molecule has 31 heavy (non-hydrogen) atoms.